The van der Waals surface area contributed by atoms with E-state index in [1.54, 1.807) is 12.1 Å². The van der Waals surface area contributed by atoms with E-state index in [1.165, 1.54) is 25.6 Å². The van der Waals surface area contributed by atoms with Crippen LogP contribution >= 0.6 is 0 Å². The van der Waals surface area contributed by atoms with Gasteiger partial charge in [-0.05, 0) is 30.7 Å². The Balaban J connectivity index is 1.86. The van der Waals surface area contributed by atoms with Crippen molar-refractivity contribution in [2.24, 2.45) is 0 Å². The van der Waals surface area contributed by atoms with Gasteiger partial charge in [0, 0.05) is 13.0 Å². The summed E-state index contributed by atoms with van der Waals surface area (Å²) in [6, 6.07) is 6.25. The Bertz CT molecular complexity index is 623. The van der Waals surface area contributed by atoms with Gasteiger partial charge >= 0.3 is 0 Å². The van der Waals surface area contributed by atoms with Gasteiger partial charge in [0.1, 0.15) is 17.9 Å². The van der Waals surface area contributed by atoms with E-state index < -0.39 is 10.0 Å². The summed E-state index contributed by atoms with van der Waals surface area (Å²) >= 11 is 0. The number of nitrogens with zero attached hydrogens (tertiary/aromatic N) is 2. The van der Waals surface area contributed by atoms with Crippen LogP contribution in [0.1, 0.15) is 12.2 Å². The van der Waals surface area contributed by atoms with Crippen LogP contribution in [0.25, 0.3) is 0 Å². The van der Waals surface area contributed by atoms with Gasteiger partial charge in [0.15, 0.2) is 0 Å². The molecule has 2 aromatic rings. The minimum absolute atomic E-state index is 0.220. The van der Waals surface area contributed by atoms with Gasteiger partial charge in [0.25, 0.3) is 0 Å². The molecule has 0 unspecified atom stereocenters. The first-order valence-corrected chi connectivity index (χ1v) is 7.58. The van der Waals surface area contributed by atoms with E-state index in [2.05, 4.69) is 19.9 Å². The van der Waals surface area contributed by atoms with Crippen molar-refractivity contribution < 1.29 is 13.2 Å². The van der Waals surface area contributed by atoms with E-state index in [0.29, 0.717) is 25.1 Å². The number of aromatic nitrogens is 3. The highest BCUT2D eigenvalue weighted by Gasteiger charge is 2.13. The first-order valence-electron chi connectivity index (χ1n) is 6.10. The molecular weight excluding hydrogens is 280 g/mol. The molecule has 0 amide bonds. The molecule has 20 heavy (non-hydrogen) atoms. The lowest BCUT2D eigenvalue weighted by molar-refractivity contribution is 0.414. The van der Waals surface area contributed by atoms with E-state index >= 15 is 0 Å². The molecule has 8 heteroatoms. The minimum atomic E-state index is -3.48. The molecule has 0 aliphatic rings. The molecule has 0 radical (unpaired) electrons. The third kappa shape index (κ3) is 3.78. The van der Waals surface area contributed by atoms with Crippen LogP contribution in [0.2, 0.25) is 0 Å². The fourth-order valence-corrected chi connectivity index (χ4v) is 2.73. The molecule has 0 aliphatic heterocycles. The Morgan fingerprint density at radius 3 is 2.65 bits per heavy atom. The number of hydrogen-bond acceptors (Lipinski definition) is 5. The highest BCUT2D eigenvalue weighted by atomic mass is 32.2. The monoisotopic (exact) mass is 296 g/mol. The fourth-order valence-electron chi connectivity index (χ4n) is 1.65. The number of methoxy groups -OCH3 is 1. The number of ether oxygens (including phenoxy) is 1. The quantitative estimate of drug-likeness (QED) is 0.734. The molecule has 0 spiro atoms. The summed E-state index contributed by atoms with van der Waals surface area (Å²) in [7, 11) is -1.95. The Labute approximate surface area is 117 Å². The van der Waals surface area contributed by atoms with E-state index in [1.807, 2.05) is 0 Å². The lowest BCUT2D eigenvalue weighted by atomic mass is 10.3. The van der Waals surface area contributed by atoms with Gasteiger partial charge in [-0.1, -0.05) is 0 Å². The molecule has 1 aromatic carbocycles. The molecule has 7 nitrogen and oxygen atoms in total. The summed E-state index contributed by atoms with van der Waals surface area (Å²) in [5.41, 5.74) is 0. The van der Waals surface area contributed by atoms with Gasteiger partial charge < -0.3 is 4.74 Å². The predicted octanol–water partition coefficient (Wildman–Crippen LogP) is 0.724. The van der Waals surface area contributed by atoms with Crippen LogP contribution in [0, 0.1) is 0 Å². The third-order valence-corrected chi connectivity index (χ3v) is 4.19. The summed E-state index contributed by atoms with van der Waals surface area (Å²) in [6.45, 7) is 0.342. The average molecular weight is 296 g/mol. The number of H-pyrrole nitrogens is 1. The molecule has 0 saturated carbocycles. The molecule has 0 aliphatic carbocycles. The molecule has 108 valence electrons. The number of aryl methyl sites for hydroxylation is 1. The van der Waals surface area contributed by atoms with Gasteiger partial charge in [-0.2, -0.15) is 5.10 Å². The van der Waals surface area contributed by atoms with Crippen molar-refractivity contribution in [3.05, 3.63) is 36.4 Å². The van der Waals surface area contributed by atoms with Gasteiger partial charge in [-0.15, -0.1) is 0 Å². The van der Waals surface area contributed by atoms with Crippen LogP contribution < -0.4 is 9.46 Å². The summed E-state index contributed by atoms with van der Waals surface area (Å²) in [5.74, 6) is 1.36. The number of hydrogen-bond donors (Lipinski definition) is 2. The van der Waals surface area contributed by atoms with Crippen molar-refractivity contribution in [1.82, 2.24) is 19.9 Å². The van der Waals surface area contributed by atoms with Crippen molar-refractivity contribution in [3.63, 3.8) is 0 Å². The normalized spacial score (nSPS) is 11.4. The van der Waals surface area contributed by atoms with Gasteiger partial charge in [0.05, 0.1) is 12.0 Å². The Morgan fingerprint density at radius 2 is 2.05 bits per heavy atom. The van der Waals surface area contributed by atoms with Crippen molar-refractivity contribution >= 4 is 10.0 Å². The van der Waals surface area contributed by atoms with Gasteiger partial charge in [-0.3, -0.25) is 5.10 Å². The van der Waals surface area contributed by atoms with E-state index in [-0.39, 0.29) is 4.90 Å². The van der Waals surface area contributed by atoms with E-state index in [0.717, 1.165) is 5.82 Å². The molecule has 2 N–H and O–H groups in total. The van der Waals surface area contributed by atoms with Crippen molar-refractivity contribution in [2.75, 3.05) is 13.7 Å². The zero-order valence-electron chi connectivity index (χ0n) is 11.0. The maximum atomic E-state index is 12.0. The minimum Gasteiger partial charge on any atom is -0.497 e. The van der Waals surface area contributed by atoms with Gasteiger partial charge in [-0.25, -0.2) is 18.1 Å². The number of rotatable bonds is 7. The van der Waals surface area contributed by atoms with Crippen molar-refractivity contribution in [1.29, 1.82) is 0 Å². The Morgan fingerprint density at radius 1 is 1.30 bits per heavy atom. The lowest BCUT2D eigenvalue weighted by Crippen LogP contribution is -2.25. The summed E-state index contributed by atoms with van der Waals surface area (Å²) < 4.78 is 31.5. The van der Waals surface area contributed by atoms with Crippen LogP contribution in [0.3, 0.4) is 0 Å². The smallest absolute Gasteiger partial charge is 0.240 e. The summed E-state index contributed by atoms with van der Waals surface area (Å²) in [6.07, 6.45) is 2.71. The highest BCUT2D eigenvalue weighted by Crippen LogP contribution is 2.15. The Kier molecular flexibility index (Phi) is 4.70. The van der Waals surface area contributed by atoms with Gasteiger partial charge in [0.2, 0.25) is 10.0 Å². The zero-order valence-corrected chi connectivity index (χ0v) is 11.9. The molecule has 1 heterocycles. The molecule has 2 rings (SSSR count). The third-order valence-electron chi connectivity index (χ3n) is 2.72. The molecular formula is C12H16N4O3S. The second-order valence-electron chi connectivity index (χ2n) is 4.11. The number of benzene rings is 1. The average Bonchev–Trinajstić information content (AvgIpc) is 2.97. The molecule has 0 saturated heterocycles. The maximum absolute atomic E-state index is 12.0. The van der Waals surface area contributed by atoms with Crippen LogP contribution in [-0.4, -0.2) is 37.3 Å². The van der Waals surface area contributed by atoms with Crippen LogP contribution in [0.5, 0.6) is 5.75 Å². The number of nitrogens with one attached hydrogen (secondary N) is 2. The Hall–Kier alpha value is -1.93. The molecule has 1 aromatic heterocycles. The number of aromatic amines is 1. The first-order chi connectivity index (χ1) is 9.62. The summed E-state index contributed by atoms with van der Waals surface area (Å²) in [5, 5.41) is 6.45. The molecule has 0 atom stereocenters. The van der Waals surface area contributed by atoms with Crippen molar-refractivity contribution in [3.8, 4) is 5.75 Å². The first kappa shape index (κ1) is 14.5. The maximum Gasteiger partial charge on any atom is 0.240 e. The fraction of sp³-hybridized carbons (Fsp3) is 0.333. The standard InChI is InChI=1S/C12H16N4O3S/c1-19-10-4-6-11(7-5-10)20(17,18)15-8-2-3-12-13-9-14-16-12/h4-7,9,15H,2-3,8H2,1H3,(H,13,14,16). The molecule has 0 fully saturated rings. The second kappa shape index (κ2) is 6.49. The highest BCUT2D eigenvalue weighted by molar-refractivity contribution is 7.89. The second-order valence-corrected chi connectivity index (χ2v) is 5.88. The van der Waals surface area contributed by atoms with Crippen molar-refractivity contribution in [2.45, 2.75) is 17.7 Å². The SMILES string of the molecule is COc1ccc(S(=O)(=O)NCCCc2ncn[nH]2)cc1. The zero-order chi connectivity index (χ0) is 14.4. The number of sulfonamides is 1. The lowest BCUT2D eigenvalue weighted by Gasteiger charge is -2.07. The topological polar surface area (TPSA) is 97.0 Å². The summed E-state index contributed by atoms with van der Waals surface area (Å²) in [4.78, 5) is 4.19. The van der Waals surface area contributed by atoms with E-state index in [9.17, 15) is 8.42 Å². The predicted molar refractivity (Wildman–Crippen MR) is 72.9 cm³/mol. The largest absolute Gasteiger partial charge is 0.497 e. The van der Waals surface area contributed by atoms with Crippen LogP contribution in [0.15, 0.2) is 35.5 Å². The van der Waals surface area contributed by atoms with Crippen LogP contribution in [0.4, 0.5) is 0 Å². The van der Waals surface area contributed by atoms with E-state index in [4.69, 9.17) is 4.74 Å². The molecule has 0 bridgehead atoms. The van der Waals surface area contributed by atoms with Crippen LogP contribution in [-0.2, 0) is 16.4 Å².